The van der Waals surface area contributed by atoms with Gasteiger partial charge in [-0.05, 0) is 100 Å². The molecule has 0 fully saturated rings. The number of carbonyl (C=O) groups is 3. The number of allylic oxidation sites excluding steroid dienone is 2. The zero-order valence-corrected chi connectivity index (χ0v) is 27.0. The number of urea groups is 1. The van der Waals surface area contributed by atoms with Crippen molar-refractivity contribution in [2.24, 2.45) is 4.99 Å². The number of rotatable bonds is 11. The van der Waals surface area contributed by atoms with Crippen LogP contribution in [-0.4, -0.2) is 54.3 Å². The first-order valence-corrected chi connectivity index (χ1v) is 15.2. The molecule has 0 aliphatic heterocycles. The fraction of sp³-hybridized carbons (Fsp3) is 0.250. The minimum absolute atomic E-state index is 0.0176. The van der Waals surface area contributed by atoms with Crippen LogP contribution in [0.1, 0.15) is 36.1 Å². The van der Waals surface area contributed by atoms with Gasteiger partial charge in [-0.3, -0.25) is 9.59 Å². The molecular weight excluding hydrogens is 596 g/mol. The molecule has 0 bridgehead atoms. The van der Waals surface area contributed by atoms with E-state index in [4.69, 9.17) is 15.0 Å². The predicted molar refractivity (Wildman–Crippen MR) is 182 cm³/mol. The quantitative estimate of drug-likeness (QED) is 0.213. The minimum Gasteiger partial charge on any atom is -0.481 e. The average Bonchev–Trinajstić information content (AvgIpc) is 3.04. The van der Waals surface area contributed by atoms with E-state index >= 15 is 0 Å². The number of aliphatic imine (C=N–C) groups is 1. The highest BCUT2D eigenvalue weighted by Crippen LogP contribution is 2.27. The Balaban J connectivity index is 1.61. The number of anilines is 2. The van der Waals surface area contributed by atoms with Crippen LogP contribution >= 0.6 is 0 Å². The Kier molecular flexibility index (Phi) is 11.3. The number of aliphatic hydroxyl groups excluding tert-OH is 1. The lowest BCUT2D eigenvalue weighted by Crippen LogP contribution is -2.40. The van der Waals surface area contributed by atoms with Crippen molar-refractivity contribution in [3.63, 3.8) is 0 Å². The topological polar surface area (TPSA) is 156 Å². The molecule has 3 aromatic carbocycles. The van der Waals surface area contributed by atoms with E-state index < -0.39 is 23.8 Å². The monoisotopic (exact) mass is 634 g/mol. The van der Waals surface area contributed by atoms with Crippen LogP contribution in [0.15, 0.2) is 89.2 Å². The molecule has 11 nitrogen and oxygen atoms in total. The number of ether oxygens (including phenoxy) is 1. The summed E-state index contributed by atoms with van der Waals surface area (Å²) in [6.45, 7) is 10.6. The van der Waals surface area contributed by atoms with Gasteiger partial charge < -0.3 is 30.7 Å². The lowest BCUT2D eigenvalue weighted by atomic mass is 10.0. The molecular formula is C36H38N6O5. The van der Waals surface area contributed by atoms with Crippen LogP contribution in [0.4, 0.5) is 21.9 Å². The number of hydrogen-bond donors (Lipinski definition) is 4. The van der Waals surface area contributed by atoms with E-state index in [0.29, 0.717) is 35.8 Å². The number of ketones is 1. The molecule has 3 amide bonds. The van der Waals surface area contributed by atoms with Crippen LogP contribution in [0.5, 0.6) is 5.75 Å². The Morgan fingerprint density at radius 1 is 0.957 bits per heavy atom. The van der Waals surface area contributed by atoms with E-state index in [9.17, 15) is 19.5 Å². The Morgan fingerprint density at radius 3 is 2.34 bits per heavy atom. The Bertz CT molecular complexity index is 1800. The summed E-state index contributed by atoms with van der Waals surface area (Å²) >= 11 is 0. The predicted octanol–water partition coefficient (Wildman–Crippen LogP) is 5.13. The summed E-state index contributed by atoms with van der Waals surface area (Å²) in [6.07, 6.45) is 1.72. The molecule has 1 atom stereocenters. The largest absolute Gasteiger partial charge is 0.481 e. The van der Waals surface area contributed by atoms with Gasteiger partial charge >= 0.3 is 6.03 Å². The fourth-order valence-electron chi connectivity index (χ4n) is 4.86. The molecule has 0 aromatic heterocycles. The van der Waals surface area contributed by atoms with Crippen LogP contribution in [0.2, 0.25) is 0 Å². The molecule has 242 valence electrons. The van der Waals surface area contributed by atoms with Crippen molar-refractivity contribution in [1.82, 2.24) is 10.6 Å². The van der Waals surface area contributed by atoms with E-state index in [-0.39, 0.29) is 23.7 Å². The molecule has 0 saturated heterocycles. The number of nitrogens with one attached hydrogen (secondary N) is 3. The summed E-state index contributed by atoms with van der Waals surface area (Å²) < 4.78 is 5.93. The van der Waals surface area contributed by atoms with Gasteiger partial charge in [-0.1, -0.05) is 17.7 Å². The third kappa shape index (κ3) is 8.93. The minimum atomic E-state index is -0.900. The van der Waals surface area contributed by atoms with Crippen molar-refractivity contribution >= 4 is 40.5 Å². The summed E-state index contributed by atoms with van der Waals surface area (Å²) in [6, 6.07) is 18.9. The molecule has 3 aromatic rings. The fourth-order valence-corrected chi connectivity index (χ4v) is 4.86. The molecule has 4 rings (SSSR count). The van der Waals surface area contributed by atoms with Gasteiger partial charge in [0, 0.05) is 30.5 Å². The first kappa shape index (κ1) is 34.1. The van der Waals surface area contributed by atoms with E-state index in [1.165, 1.54) is 12.2 Å². The summed E-state index contributed by atoms with van der Waals surface area (Å²) in [5.74, 6) is -0.472. The van der Waals surface area contributed by atoms with Crippen LogP contribution in [-0.2, 0) is 9.59 Å². The van der Waals surface area contributed by atoms with Crippen LogP contribution in [0, 0.1) is 32.1 Å². The zero-order chi connectivity index (χ0) is 34.1. The number of benzene rings is 3. The molecule has 0 saturated carbocycles. The molecule has 11 heteroatoms. The summed E-state index contributed by atoms with van der Waals surface area (Å²) in [4.78, 5) is 46.1. The molecule has 4 N–H and O–H groups in total. The third-order valence-electron chi connectivity index (χ3n) is 7.42. The van der Waals surface area contributed by atoms with Crippen molar-refractivity contribution in [3.05, 3.63) is 106 Å². The average molecular weight is 635 g/mol. The van der Waals surface area contributed by atoms with Crippen LogP contribution in [0.25, 0.3) is 0 Å². The number of carbonyl (C=O) groups excluding carboxylic acids is 3. The van der Waals surface area contributed by atoms with Crippen molar-refractivity contribution < 1.29 is 24.2 Å². The van der Waals surface area contributed by atoms with Crippen molar-refractivity contribution in [1.29, 1.82) is 5.26 Å². The maximum Gasteiger partial charge on any atom is 0.323 e. The first-order chi connectivity index (χ1) is 22.5. The lowest BCUT2D eigenvalue weighted by Gasteiger charge is -2.23. The second-order valence-corrected chi connectivity index (χ2v) is 11.0. The smallest absolute Gasteiger partial charge is 0.323 e. The lowest BCUT2D eigenvalue weighted by molar-refractivity contribution is -0.126. The number of nitriles is 1. The Hall–Kier alpha value is -5.73. The molecule has 0 heterocycles. The molecule has 47 heavy (non-hydrogen) atoms. The van der Waals surface area contributed by atoms with Crippen LogP contribution < -0.4 is 25.6 Å². The highest BCUT2D eigenvalue weighted by atomic mass is 16.5. The summed E-state index contributed by atoms with van der Waals surface area (Å²) in [5, 5.41) is 26.4. The molecule has 0 radical (unpaired) electrons. The number of nitrogens with zero attached hydrogens (tertiary/aromatic N) is 3. The number of amides is 3. The number of aryl methyl sites for hydroxylation is 3. The standard InChI is InChI=1S/C36H38N6O5/c1-6-42(15-16-43)28-12-13-29(23(3)18-28)39-30-19-32(41-36(46)38-27-10-8-26(21-37)9-11-27)33(44)20-31(30)40-35(45)25(5)47-34-14-7-22(2)17-24(34)4/h7-14,17-20,25,43H,6,15-16H2,1-5H3,(H,40,45)(H2,38,41,46). The second kappa shape index (κ2) is 15.5. The third-order valence-corrected chi connectivity index (χ3v) is 7.42. The van der Waals surface area contributed by atoms with Gasteiger partial charge in [0.1, 0.15) is 5.75 Å². The van der Waals surface area contributed by atoms with Crippen molar-refractivity contribution in [3.8, 4) is 11.8 Å². The number of likely N-dealkylation sites (N-methyl/N-ethyl adjacent to an activating group) is 1. The van der Waals surface area contributed by atoms with E-state index in [2.05, 4.69) is 16.0 Å². The first-order valence-electron chi connectivity index (χ1n) is 15.2. The van der Waals surface area contributed by atoms with Crippen molar-refractivity contribution in [2.45, 2.75) is 40.7 Å². The van der Waals surface area contributed by atoms with E-state index in [0.717, 1.165) is 22.4 Å². The van der Waals surface area contributed by atoms with E-state index in [1.807, 2.05) is 69.0 Å². The second-order valence-electron chi connectivity index (χ2n) is 11.0. The van der Waals surface area contributed by atoms with Crippen LogP contribution in [0.3, 0.4) is 0 Å². The zero-order valence-electron chi connectivity index (χ0n) is 27.0. The molecule has 0 spiro atoms. The van der Waals surface area contributed by atoms with Gasteiger partial charge in [0.05, 0.1) is 41.0 Å². The van der Waals surface area contributed by atoms with Gasteiger partial charge in [0.25, 0.3) is 5.91 Å². The Labute approximate surface area is 274 Å². The maximum atomic E-state index is 13.3. The molecule has 1 unspecified atom stereocenters. The molecule has 1 aliphatic carbocycles. The van der Waals surface area contributed by atoms with Crippen molar-refractivity contribution in [2.75, 3.05) is 29.9 Å². The number of aliphatic hydroxyl groups is 1. The van der Waals surface area contributed by atoms with Gasteiger partial charge in [-0.2, -0.15) is 5.26 Å². The SMILES string of the molecule is CCN(CCO)c1ccc(N=C2C=C(NC(=O)Nc3ccc(C#N)cc3)C(=O)C=C2NC(=O)C(C)Oc2ccc(C)cc2C)c(C)c1. The van der Waals surface area contributed by atoms with Gasteiger partial charge in [0.2, 0.25) is 5.78 Å². The van der Waals surface area contributed by atoms with Gasteiger partial charge in [-0.15, -0.1) is 0 Å². The summed E-state index contributed by atoms with van der Waals surface area (Å²) in [5.41, 5.74) is 5.47. The molecule has 1 aliphatic rings. The van der Waals surface area contributed by atoms with E-state index in [1.54, 1.807) is 37.3 Å². The number of hydrogen-bond acceptors (Lipinski definition) is 8. The maximum absolute atomic E-state index is 13.3. The van der Waals surface area contributed by atoms with Gasteiger partial charge in [0.15, 0.2) is 6.10 Å². The highest BCUT2D eigenvalue weighted by Gasteiger charge is 2.25. The normalized spacial score (nSPS) is 14.0. The summed E-state index contributed by atoms with van der Waals surface area (Å²) in [7, 11) is 0. The Morgan fingerprint density at radius 2 is 1.70 bits per heavy atom. The van der Waals surface area contributed by atoms with Gasteiger partial charge in [-0.25, -0.2) is 9.79 Å². The highest BCUT2D eigenvalue weighted by molar-refractivity contribution is 6.24.